The van der Waals surface area contributed by atoms with Gasteiger partial charge in [0.25, 0.3) is 0 Å². The van der Waals surface area contributed by atoms with Gasteiger partial charge in [-0.1, -0.05) is 18.6 Å². The molecule has 0 aromatic heterocycles. The molecule has 0 aromatic rings. The molecule has 0 radical (unpaired) electrons. The number of rotatable bonds is 3. The lowest BCUT2D eigenvalue weighted by molar-refractivity contribution is 0.0619. The highest BCUT2D eigenvalue weighted by molar-refractivity contribution is 7.93. The summed E-state index contributed by atoms with van der Waals surface area (Å²) >= 11 is 0. The van der Waals surface area contributed by atoms with Gasteiger partial charge >= 0.3 is 0 Å². The molecule has 18 heavy (non-hydrogen) atoms. The number of fused-ring (bicyclic) bond motifs is 1. The van der Waals surface area contributed by atoms with E-state index in [2.05, 4.69) is 0 Å². The zero-order valence-electron chi connectivity index (χ0n) is 10.5. The number of hydrogen-bond acceptors (Lipinski definition) is 2. The summed E-state index contributed by atoms with van der Waals surface area (Å²) in [6.07, 6.45) is 5.34. The summed E-state index contributed by atoms with van der Waals surface area (Å²) in [5, 5.41) is 0. The quantitative estimate of drug-likeness (QED) is 0.786. The lowest BCUT2D eigenvalue weighted by Crippen LogP contribution is -2.58. The average molecular weight is 269 g/mol. The number of alkyl halides is 1. The zero-order chi connectivity index (χ0) is 13.1. The molecule has 0 saturated carbocycles. The Kier molecular flexibility index (Phi) is 2.38. The largest absolute Gasteiger partial charge is 0.250 e. The second kappa shape index (κ2) is 3.54. The highest BCUT2D eigenvalue weighted by Crippen LogP contribution is 2.46. The summed E-state index contributed by atoms with van der Waals surface area (Å²) < 4.78 is 38.7. The molecule has 1 heterocycles. The van der Waals surface area contributed by atoms with Gasteiger partial charge in [-0.25, -0.2) is 8.42 Å². The molecule has 5 heteroatoms. The van der Waals surface area contributed by atoms with E-state index in [9.17, 15) is 12.8 Å². The predicted molar refractivity (Wildman–Crippen MR) is 68.0 cm³/mol. The molecule has 2 aliphatic carbocycles. The zero-order valence-corrected chi connectivity index (χ0v) is 11.3. The van der Waals surface area contributed by atoms with Crippen molar-refractivity contribution in [3.8, 4) is 0 Å². The van der Waals surface area contributed by atoms with Gasteiger partial charge in [0.05, 0.1) is 11.6 Å². The van der Waals surface area contributed by atoms with Crippen molar-refractivity contribution in [1.29, 1.82) is 0 Å². The highest BCUT2D eigenvalue weighted by atomic mass is 32.2. The Morgan fingerprint density at radius 3 is 2.72 bits per heavy atom. The van der Waals surface area contributed by atoms with Crippen LogP contribution in [0.25, 0.3) is 0 Å². The summed E-state index contributed by atoms with van der Waals surface area (Å²) in [5.74, 6) is 0.358. The molecule has 3 aliphatic rings. The molecule has 1 saturated heterocycles. The molecular formula is C13H16FNO2S. The Labute approximate surface area is 107 Å². The number of nitrogens with zero attached hydrogens (tertiary/aromatic N) is 1. The monoisotopic (exact) mass is 269 g/mol. The van der Waals surface area contributed by atoms with Gasteiger partial charge < -0.3 is 0 Å². The van der Waals surface area contributed by atoms with E-state index in [-0.39, 0.29) is 13.1 Å². The molecule has 1 atom stereocenters. The second-order valence-electron chi connectivity index (χ2n) is 5.74. The normalized spacial score (nSPS) is 29.7. The van der Waals surface area contributed by atoms with E-state index >= 15 is 0 Å². The average Bonchev–Trinajstić information content (AvgIpc) is 2.96. The minimum Gasteiger partial charge on any atom is -0.250 e. The van der Waals surface area contributed by atoms with Gasteiger partial charge in [-0.15, -0.1) is 0 Å². The highest BCUT2D eigenvalue weighted by Gasteiger charge is 2.46. The van der Waals surface area contributed by atoms with E-state index in [1.165, 1.54) is 9.88 Å². The maximum atomic E-state index is 12.7. The van der Waals surface area contributed by atoms with Crippen molar-refractivity contribution in [2.45, 2.75) is 13.8 Å². The van der Waals surface area contributed by atoms with Crippen molar-refractivity contribution in [1.82, 2.24) is 4.31 Å². The molecule has 98 valence electrons. The number of allylic oxidation sites excluding steroid dienone is 5. The standard InChI is InChI=1S/C13H16FNO2S/c1-9-11-4-3-10(5-12(9)11)18(16,17)15-7-13(2,6-14)8-15/h3-5,11H,6-8H2,1-2H3. The number of halogens is 1. The molecule has 1 fully saturated rings. The molecular weight excluding hydrogens is 253 g/mol. The van der Waals surface area contributed by atoms with Gasteiger partial charge in [-0.3, -0.25) is 4.39 Å². The predicted octanol–water partition coefficient (Wildman–Crippen LogP) is 2.01. The molecule has 3 rings (SSSR count). The van der Waals surface area contributed by atoms with Crippen LogP contribution in [-0.4, -0.2) is 32.5 Å². The molecule has 0 amide bonds. The SMILES string of the molecule is CC1=C2C=C(S(=O)(=O)N3CC(C)(CF)C3)C=CC12. The van der Waals surface area contributed by atoms with Crippen molar-refractivity contribution < 1.29 is 12.8 Å². The fraction of sp³-hybridized carbons (Fsp3) is 0.538. The minimum absolute atomic E-state index is 0.276. The first-order chi connectivity index (χ1) is 8.37. The Hall–Kier alpha value is -0.940. The first-order valence-electron chi connectivity index (χ1n) is 6.04. The van der Waals surface area contributed by atoms with Crippen molar-refractivity contribution in [2.75, 3.05) is 19.8 Å². The van der Waals surface area contributed by atoms with Crippen LogP contribution in [0.15, 0.2) is 34.3 Å². The van der Waals surface area contributed by atoms with Crippen LogP contribution < -0.4 is 0 Å². The fourth-order valence-electron chi connectivity index (χ4n) is 2.59. The lowest BCUT2D eigenvalue weighted by Gasteiger charge is -2.45. The van der Waals surface area contributed by atoms with Crippen LogP contribution in [0, 0.1) is 11.3 Å². The topological polar surface area (TPSA) is 37.4 Å². The van der Waals surface area contributed by atoms with Crippen LogP contribution in [0.5, 0.6) is 0 Å². The molecule has 0 aromatic carbocycles. The van der Waals surface area contributed by atoms with E-state index in [1.54, 1.807) is 19.1 Å². The van der Waals surface area contributed by atoms with Crippen LogP contribution >= 0.6 is 0 Å². The van der Waals surface area contributed by atoms with Crippen LogP contribution in [-0.2, 0) is 10.0 Å². The van der Waals surface area contributed by atoms with Crippen LogP contribution in [0.4, 0.5) is 4.39 Å². The molecule has 0 bridgehead atoms. The molecule has 1 aliphatic heterocycles. The van der Waals surface area contributed by atoms with E-state index in [1.807, 2.05) is 13.0 Å². The van der Waals surface area contributed by atoms with E-state index < -0.39 is 22.1 Å². The fourth-order valence-corrected chi connectivity index (χ4v) is 4.38. The van der Waals surface area contributed by atoms with Gasteiger partial charge in [0.2, 0.25) is 10.0 Å². The summed E-state index contributed by atoms with van der Waals surface area (Å²) in [6.45, 7) is 3.87. The van der Waals surface area contributed by atoms with Crippen molar-refractivity contribution >= 4 is 10.0 Å². The lowest BCUT2D eigenvalue weighted by atomic mass is 9.86. The molecule has 1 unspecified atom stereocenters. The van der Waals surface area contributed by atoms with Crippen LogP contribution in [0.3, 0.4) is 0 Å². The van der Waals surface area contributed by atoms with Gasteiger partial charge in [-0.2, -0.15) is 4.31 Å². The first-order valence-corrected chi connectivity index (χ1v) is 7.48. The first kappa shape index (κ1) is 12.1. The van der Waals surface area contributed by atoms with Crippen molar-refractivity contribution in [3.05, 3.63) is 34.3 Å². The smallest absolute Gasteiger partial charge is 0.243 e. The van der Waals surface area contributed by atoms with Crippen LogP contribution in [0.1, 0.15) is 13.8 Å². The number of sulfonamides is 1. The number of hydrogen-bond donors (Lipinski definition) is 0. The van der Waals surface area contributed by atoms with Gasteiger partial charge in [0, 0.05) is 24.4 Å². The summed E-state index contributed by atoms with van der Waals surface area (Å²) in [5.41, 5.74) is 1.86. The van der Waals surface area contributed by atoms with Gasteiger partial charge in [0.1, 0.15) is 0 Å². The minimum atomic E-state index is -3.43. The van der Waals surface area contributed by atoms with Crippen molar-refractivity contribution in [3.63, 3.8) is 0 Å². The molecule has 0 spiro atoms. The van der Waals surface area contributed by atoms with Crippen LogP contribution in [0.2, 0.25) is 0 Å². The Morgan fingerprint density at radius 1 is 1.50 bits per heavy atom. The third kappa shape index (κ3) is 1.61. The maximum Gasteiger partial charge on any atom is 0.243 e. The van der Waals surface area contributed by atoms with Crippen molar-refractivity contribution in [2.24, 2.45) is 11.3 Å². The third-order valence-electron chi connectivity index (χ3n) is 4.00. The van der Waals surface area contributed by atoms with Gasteiger partial charge in [0.15, 0.2) is 0 Å². The van der Waals surface area contributed by atoms with E-state index in [4.69, 9.17) is 0 Å². The molecule has 0 N–H and O–H groups in total. The van der Waals surface area contributed by atoms with E-state index in [0.29, 0.717) is 10.8 Å². The Morgan fingerprint density at radius 2 is 2.17 bits per heavy atom. The Balaban J connectivity index is 1.81. The summed E-state index contributed by atoms with van der Waals surface area (Å²) in [7, 11) is -3.43. The summed E-state index contributed by atoms with van der Waals surface area (Å²) in [4.78, 5) is 0.339. The second-order valence-corrected chi connectivity index (χ2v) is 7.68. The van der Waals surface area contributed by atoms with E-state index in [0.717, 1.165) is 5.57 Å². The maximum absolute atomic E-state index is 12.7. The third-order valence-corrected chi connectivity index (χ3v) is 5.79. The summed E-state index contributed by atoms with van der Waals surface area (Å²) in [6, 6.07) is 0. The Bertz CT molecular complexity index is 594. The molecule has 3 nitrogen and oxygen atoms in total. The van der Waals surface area contributed by atoms with Gasteiger partial charge in [-0.05, 0) is 24.6 Å².